The molecular weight excluding hydrogens is 660 g/mol. The molecule has 42 heavy (non-hydrogen) atoms. The highest BCUT2D eigenvalue weighted by Crippen LogP contribution is 2.32. The maximum Gasteiger partial charge on any atom is 0.336 e. The first-order valence-corrected chi connectivity index (χ1v) is 14.6. The molecule has 1 aromatic heterocycles. The van der Waals surface area contributed by atoms with Gasteiger partial charge in [0.2, 0.25) is 0 Å². The molecular formula is C34H26Br2N2O4. The zero-order valence-corrected chi connectivity index (χ0v) is 26.0. The van der Waals surface area contributed by atoms with Crippen LogP contribution in [0.5, 0.6) is 0 Å². The number of carboxylic acids is 1. The number of halogens is 2. The van der Waals surface area contributed by atoms with Gasteiger partial charge in [-0.2, -0.15) is 5.26 Å². The number of hydrogen-bond donors (Lipinski definition) is 1. The van der Waals surface area contributed by atoms with Crippen molar-refractivity contribution in [2.75, 3.05) is 0 Å². The van der Waals surface area contributed by atoms with Crippen molar-refractivity contribution < 1.29 is 14.7 Å². The number of aromatic nitrogens is 1. The molecule has 0 radical (unpaired) electrons. The normalized spacial score (nSPS) is 10.6. The Bertz CT molecular complexity index is 1880. The summed E-state index contributed by atoms with van der Waals surface area (Å²) in [5.41, 5.74) is 2.73. The van der Waals surface area contributed by atoms with E-state index in [0.717, 1.165) is 21.0 Å². The first-order valence-electron chi connectivity index (χ1n) is 13.1. The van der Waals surface area contributed by atoms with Gasteiger partial charge in [0, 0.05) is 37.6 Å². The fourth-order valence-corrected chi connectivity index (χ4v) is 5.33. The summed E-state index contributed by atoms with van der Waals surface area (Å²) in [6, 6.07) is 30.8. The summed E-state index contributed by atoms with van der Waals surface area (Å²) >= 11 is 6.72. The zero-order valence-electron chi connectivity index (χ0n) is 22.8. The molecule has 0 unspecified atom stereocenters. The Kier molecular flexibility index (Phi) is 9.89. The molecule has 6 nitrogen and oxygen atoms in total. The third-order valence-electron chi connectivity index (χ3n) is 6.44. The third-order valence-corrected chi connectivity index (χ3v) is 7.43. The van der Waals surface area contributed by atoms with Crippen LogP contribution in [-0.4, -0.2) is 21.4 Å². The minimum absolute atomic E-state index is 0.00653. The molecule has 0 fully saturated rings. The van der Waals surface area contributed by atoms with Gasteiger partial charge < -0.3 is 5.11 Å². The van der Waals surface area contributed by atoms with E-state index in [4.69, 9.17) is 5.11 Å². The second-order valence-electron chi connectivity index (χ2n) is 9.89. The lowest BCUT2D eigenvalue weighted by Crippen LogP contribution is -2.26. The number of pyridine rings is 1. The SMILES string of the molecule is CC(C)Cn1c(C#N)c(-c2ccccc2)c2cc(Br)ccc2c1=O.O=C(O)c1ccc(Br)cc1C(=O)c1ccccc1. The summed E-state index contributed by atoms with van der Waals surface area (Å²) < 4.78 is 3.17. The van der Waals surface area contributed by atoms with Crippen molar-refractivity contribution in [2.24, 2.45) is 5.92 Å². The van der Waals surface area contributed by atoms with Crippen molar-refractivity contribution in [3.63, 3.8) is 0 Å². The van der Waals surface area contributed by atoms with E-state index in [0.29, 0.717) is 27.7 Å². The topological polar surface area (TPSA) is 100 Å². The Hall–Kier alpha value is -4.32. The molecule has 1 heterocycles. The summed E-state index contributed by atoms with van der Waals surface area (Å²) in [5.74, 6) is -1.14. The molecule has 0 aliphatic carbocycles. The van der Waals surface area contributed by atoms with Crippen LogP contribution in [0.15, 0.2) is 111 Å². The predicted octanol–water partition coefficient (Wildman–Crippen LogP) is 8.34. The van der Waals surface area contributed by atoms with Crippen LogP contribution < -0.4 is 5.56 Å². The van der Waals surface area contributed by atoms with Crippen LogP contribution in [0.25, 0.3) is 21.9 Å². The van der Waals surface area contributed by atoms with Crippen molar-refractivity contribution in [3.8, 4) is 17.2 Å². The molecule has 0 spiro atoms. The third kappa shape index (κ3) is 6.76. The Labute approximate surface area is 260 Å². The molecule has 5 aromatic rings. The largest absolute Gasteiger partial charge is 0.478 e. The summed E-state index contributed by atoms with van der Waals surface area (Å²) in [7, 11) is 0. The molecule has 1 N–H and O–H groups in total. The van der Waals surface area contributed by atoms with Crippen LogP contribution in [0.4, 0.5) is 0 Å². The Morgan fingerprint density at radius 3 is 2.02 bits per heavy atom. The minimum Gasteiger partial charge on any atom is -0.478 e. The van der Waals surface area contributed by atoms with Crippen LogP contribution in [-0.2, 0) is 6.54 Å². The van der Waals surface area contributed by atoms with Crippen molar-refractivity contribution >= 4 is 54.4 Å². The number of carbonyl (C=O) groups excluding carboxylic acids is 1. The first-order chi connectivity index (χ1) is 20.1. The molecule has 0 saturated carbocycles. The maximum atomic E-state index is 12.9. The molecule has 0 atom stereocenters. The Morgan fingerprint density at radius 1 is 0.833 bits per heavy atom. The Morgan fingerprint density at radius 2 is 1.43 bits per heavy atom. The van der Waals surface area contributed by atoms with E-state index in [1.165, 1.54) is 12.1 Å². The lowest BCUT2D eigenvalue weighted by Gasteiger charge is -2.17. The number of carboxylic acid groups (broad SMARTS) is 1. The van der Waals surface area contributed by atoms with Crippen LogP contribution in [0.3, 0.4) is 0 Å². The van der Waals surface area contributed by atoms with Gasteiger partial charge in [-0.1, -0.05) is 106 Å². The number of nitriles is 1. The highest BCUT2D eigenvalue weighted by atomic mass is 79.9. The number of nitrogens with zero attached hydrogens (tertiary/aromatic N) is 2. The van der Waals surface area contributed by atoms with Gasteiger partial charge in [0.1, 0.15) is 11.8 Å². The highest BCUT2D eigenvalue weighted by molar-refractivity contribution is 9.10. The van der Waals surface area contributed by atoms with Gasteiger partial charge in [-0.3, -0.25) is 14.2 Å². The number of fused-ring (bicyclic) bond motifs is 1. The van der Waals surface area contributed by atoms with Gasteiger partial charge in [-0.15, -0.1) is 0 Å². The van der Waals surface area contributed by atoms with Crippen molar-refractivity contribution in [3.05, 3.63) is 139 Å². The summed E-state index contributed by atoms with van der Waals surface area (Å²) in [4.78, 5) is 36.3. The molecule has 0 amide bonds. The van der Waals surface area contributed by atoms with Crippen LogP contribution in [0.1, 0.15) is 45.8 Å². The number of benzene rings is 4. The van der Waals surface area contributed by atoms with E-state index in [2.05, 4.69) is 37.9 Å². The van der Waals surface area contributed by atoms with Crippen molar-refractivity contribution in [2.45, 2.75) is 20.4 Å². The van der Waals surface area contributed by atoms with E-state index < -0.39 is 5.97 Å². The monoisotopic (exact) mass is 684 g/mol. The van der Waals surface area contributed by atoms with Gasteiger partial charge in [0.15, 0.2) is 5.78 Å². The van der Waals surface area contributed by atoms with E-state index in [9.17, 15) is 19.6 Å². The van der Waals surface area contributed by atoms with Crippen molar-refractivity contribution in [1.82, 2.24) is 4.57 Å². The number of carbonyl (C=O) groups is 2. The fraction of sp³-hybridized carbons (Fsp3) is 0.118. The van der Waals surface area contributed by atoms with Gasteiger partial charge in [-0.25, -0.2) is 4.79 Å². The second kappa shape index (κ2) is 13.6. The average Bonchev–Trinajstić information content (AvgIpc) is 2.98. The fourth-order valence-electron chi connectivity index (χ4n) is 4.61. The van der Waals surface area contributed by atoms with Crippen LogP contribution in [0, 0.1) is 17.2 Å². The van der Waals surface area contributed by atoms with Gasteiger partial charge in [-0.05, 0) is 53.3 Å². The quantitative estimate of drug-likeness (QED) is 0.181. The highest BCUT2D eigenvalue weighted by Gasteiger charge is 2.19. The van der Waals surface area contributed by atoms with E-state index >= 15 is 0 Å². The molecule has 0 saturated heterocycles. The summed E-state index contributed by atoms with van der Waals surface area (Å²) in [5, 5.41) is 20.3. The molecule has 0 bridgehead atoms. The van der Waals surface area contributed by atoms with Crippen LogP contribution >= 0.6 is 31.9 Å². The summed E-state index contributed by atoms with van der Waals surface area (Å²) in [6.07, 6.45) is 0. The van der Waals surface area contributed by atoms with Gasteiger partial charge >= 0.3 is 5.97 Å². The lowest BCUT2D eigenvalue weighted by atomic mass is 9.97. The van der Waals surface area contributed by atoms with E-state index in [-0.39, 0.29) is 28.4 Å². The maximum absolute atomic E-state index is 12.9. The van der Waals surface area contributed by atoms with Crippen molar-refractivity contribution in [1.29, 1.82) is 5.26 Å². The number of ketones is 1. The van der Waals surface area contributed by atoms with E-state index in [1.807, 2.05) is 62.4 Å². The summed E-state index contributed by atoms with van der Waals surface area (Å²) in [6.45, 7) is 4.61. The number of hydrogen-bond acceptors (Lipinski definition) is 4. The van der Waals surface area contributed by atoms with Gasteiger partial charge in [0.05, 0.1) is 5.56 Å². The minimum atomic E-state index is -1.11. The zero-order chi connectivity index (χ0) is 30.4. The predicted molar refractivity (Wildman–Crippen MR) is 172 cm³/mol. The molecule has 5 rings (SSSR count). The molecule has 0 aliphatic rings. The van der Waals surface area contributed by atoms with Crippen LogP contribution in [0.2, 0.25) is 0 Å². The lowest BCUT2D eigenvalue weighted by molar-refractivity contribution is 0.0692. The molecule has 4 aromatic carbocycles. The Balaban J connectivity index is 0.000000201. The van der Waals surface area contributed by atoms with Gasteiger partial charge in [0.25, 0.3) is 5.56 Å². The number of aromatic carboxylic acids is 1. The number of rotatable bonds is 6. The molecule has 210 valence electrons. The molecule has 8 heteroatoms. The first kappa shape index (κ1) is 30.6. The molecule has 0 aliphatic heterocycles. The average molecular weight is 686 g/mol. The second-order valence-corrected chi connectivity index (χ2v) is 11.7. The van der Waals surface area contributed by atoms with E-state index in [1.54, 1.807) is 41.0 Å². The standard InChI is InChI=1S/C20H17BrN2O.C14H9BrO3/c1-13(2)12-23-18(11-22)19(14-6-4-3-5-7-14)17-10-15(21)8-9-16(17)20(23)24;15-10-6-7-11(14(17)18)12(8-10)13(16)9-4-2-1-3-5-9/h3-10,13H,12H2,1-2H3;1-8H,(H,17,18). The smallest absolute Gasteiger partial charge is 0.336 e.